The highest BCUT2D eigenvalue weighted by Gasteiger charge is 2.17. The molecule has 0 fully saturated rings. The van der Waals surface area contributed by atoms with E-state index in [1.54, 1.807) is 11.8 Å². The van der Waals surface area contributed by atoms with Gasteiger partial charge in [0.1, 0.15) is 19.3 Å². The molecule has 0 spiro atoms. The Hall–Kier alpha value is -2.91. The molecular formula is C20H17N3O2S. The molecule has 2 aromatic carbocycles. The molecule has 130 valence electrons. The molecule has 26 heavy (non-hydrogen) atoms. The van der Waals surface area contributed by atoms with Gasteiger partial charge in [-0.1, -0.05) is 18.2 Å². The number of para-hydroxylation sites is 1. The zero-order valence-electron chi connectivity index (χ0n) is 14.3. The molecule has 1 aromatic heterocycles. The summed E-state index contributed by atoms with van der Waals surface area (Å²) in [6.45, 7) is 3.02. The highest BCUT2D eigenvalue weighted by molar-refractivity contribution is 7.98. The van der Waals surface area contributed by atoms with Crippen LogP contribution in [0.15, 0.2) is 53.4 Å². The molecule has 3 aromatic rings. The van der Waals surface area contributed by atoms with Gasteiger partial charge in [-0.15, -0.1) is 11.8 Å². The number of aryl methyl sites for hydroxylation is 1. The summed E-state index contributed by atoms with van der Waals surface area (Å²) >= 11 is 1.65. The van der Waals surface area contributed by atoms with E-state index in [1.165, 1.54) is 0 Å². The number of hydrogen-bond acceptors (Lipinski definition) is 5. The van der Waals surface area contributed by atoms with Crippen molar-refractivity contribution in [2.75, 3.05) is 13.2 Å². The Balaban J connectivity index is 1.63. The number of rotatable bonds is 4. The fourth-order valence-corrected chi connectivity index (χ4v) is 3.83. The van der Waals surface area contributed by atoms with Gasteiger partial charge in [-0.05, 0) is 37.3 Å². The van der Waals surface area contributed by atoms with Crippen LogP contribution >= 0.6 is 11.8 Å². The number of benzene rings is 2. The van der Waals surface area contributed by atoms with Gasteiger partial charge >= 0.3 is 0 Å². The van der Waals surface area contributed by atoms with Gasteiger partial charge in [0.05, 0.1) is 22.6 Å². The molecule has 0 saturated carbocycles. The Bertz CT molecular complexity index is 977. The van der Waals surface area contributed by atoms with Gasteiger partial charge in [0.15, 0.2) is 11.5 Å². The highest BCUT2D eigenvalue weighted by Crippen LogP contribution is 2.35. The van der Waals surface area contributed by atoms with Crippen molar-refractivity contribution in [3.8, 4) is 23.3 Å². The van der Waals surface area contributed by atoms with E-state index in [0.29, 0.717) is 24.5 Å². The molecule has 0 bridgehead atoms. The van der Waals surface area contributed by atoms with E-state index in [0.717, 1.165) is 33.5 Å². The lowest BCUT2D eigenvalue weighted by Crippen LogP contribution is -2.15. The Kier molecular flexibility index (Phi) is 4.55. The molecule has 0 saturated heterocycles. The van der Waals surface area contributed by atoms with Crippen LogP contribution in [0.2, 0.25) is 0 Å². The highest BCUT2D eigenvalue weighted by atomic mass is 32.2. The molecule has 2 heterocycles. The molecule has 1 aliphatic heterocycles. The zero-order valence-corrected chi connectivity index (χ0v) is 15.1. The molecule has 1 aliphatic rings. The Morgan fingerprint density at radius 3 is 2.65 bits per heavy atom. The minimum atomic E-state index is 0.569. The van der Waals surface area contributed by atoms with Crippen molar-refractivity contribution in [1.82, 2.24) is 9.78 Å². The van der Waals surface area contributed by atoms with Crippen molar-refractivity contribution in [3.05, 3.63) is 65.5 Å². The van der Waals surface area contributed by atoms with Crippen LogP contribution in [0.25, 0.3) is 5.69 Å². The summed E-state index contributed by atoms with van der Waals surface area (Å²) in [5.41, 5.74) is 3.24. The van der Waals surface area contributed by atoms with Crippen molar-refractivity contribution in [1.29, 1.82) is 5.26 Å². The van der Waals surface area contributed by atoms with Crippen molar-refractivity contribution in [2.45, 2.75) is 17.6 Å². The number of hydrogen-bond donors (Lipinski definition) is 0. The summed E-state index contributed by atoms with van der Waals surface area (Å²) < 4.78 is 13.1. The van der Waals surface area contributed by atoms with Gasteiger partial charge in [-0.3, -0.25) is 0 Å². The van der Waals surface area contributed by atoms with Gasteiger partial charge in [-0.25, -0.2) is 4.68 Å². The molecule has 0 radical (unpaired) electrons. The first-order chi connectivity index (χ1) is 12.8. The Morgan fingerprint density at radius 1 is 1.12 bits per heavy atom. The van der Waals surface area contributed by atoms with Crippen LogP contribution in [0, 0.1) is 18.3 Å². The average molecular weight is 363 g/mol. The van der Waals surface area contributed by atoms with E-state index < -0.39 is 0 Å². The first-order valence-corrected chi connectivity index (χ1v) is 9.31. The number of ether oxygens (including phenoxy) is 2. The van der Waals surface area contributed by atoms with Gasteiger partial charge in [0.25, 0.3) is 0 Å². The number of aromatic nitrogens is 2. The molecule has 0 aliphatic carbocycles. The minimum Gasteiger partial charge on any atom is -0.486 e. The fraction of sp³-hybridized carbons (Fsp3) is 0.200. The molecular weight excluding hydrogens is 346 g/mol. The first kappa shape index (κ1) is 16.6. The topological polar surface area (TPSA) is 60.1 Å². The van der Waals surface area contributed by atoms with Crippen LogP contribution in [0.1, 0.15) is 17.0 Å². The molecule has 6 heteroatoms. The van der Waals surface area contributed by atoms with Crippen molar-refractivity contribution in [2.24, 2.45) is 0 Å². The molecule has 0 atom stereocenters. The predicted octanol–water partition coefficient (Wildman–Crippen LogP) is 4.12. The van der Waals surface area contributed by atoms with Crippen molar-refractivity contribution in [3.63, 3.8) is 0 Å². The number of nitriles is 1. The van der Waals surface area contributed by atoms with Crippen LogP contribution in [-0.4, -0.2) is 23.0 Å². The summed E-state index contributed by atoms with van der Waals surface area (Å²) in [6.07, 6.45) is 0. The quantitative estimate of drug-likeness (QED) is 0.653. The second kappa shape index (κ2) is 7.14. The summed E-state index contributed by atoms with van der Waals surface area (Å²) in [4.78, 5) is 1.07. The first-order valence-electron chi connectivity index (χ1n) is 8.33. The Morgan fingerprint density at radius 2 is 1.88 bits per heavy atom. The lowest BCUT2D eigenvalue weighted by molar-refractivity contribution is 0.171. The average Bonchev–Trinajstić information content (AvgIpc) is 3.02. The summed E-state index contributed by atoms with van der Waals surface area (Å²) in [7, 11) is 0. The maximum absolute atomic E-state index is 9.57. The van der Waals surface area contributed by atoms with E-state index in [2.05, 4.69) is 11.2 Å². The van der Waals surface area contributed by atoms with E-state index in [9.17, 15) is 5.26 Å². The van der Waals surface area contributed by atoms with Gasteiger partial charge < -0.3 is 9.47 Å². The predicted molar refractivity (Wildman–Crippen MR) is 100 cm³/mol. The molecule has 0 unspecified atom stereocenters. The van der Waals surface area contributed by atoms with Crippen molar-refractivity contribution >= 4 is 11.8 Å². The monoisotopic (exact) mass is 363 g/mol. The zero-order chi connectivity index (χ0) is 17.9. The molecule has 4 rings (SSSR count). The third-order valence-electron chi connectivity index (χ3n) is 4.16. The molecule has 0 N–H and O–H groups in total. The summed E-state index contributed by atoms with van der Waals surface area (Å²) in [6, 6.07) is 18.1. The number of fused-ring (bicyclic) bond motifs is 1. The van der Waals surface area contributed by atoms with E-state index in [-0.39, 0.29) is 0 Å². The lowest BCUT2D eigenvalue weighted by Gasteiger charge is -2.18. The van der Waals surface area contributed by atoms with E-state index in [4.69, 9.17) is 9.47 Å². The smallest absolute Gasteiger partial charge is 0.162 e. The summed E-state index contributed by atoms with van der Waals surface area (Å²) in [5, 5.41) is 14.1. The van der Waals surface area contributed by atoms with Gasteiger partial charge in [0, 0.05) is 10.6 Å². The molecule has 5 nitrogen and oxygen atoms in total. The van der Waals surface area contributed by atoms with Crippen molar-refractivity contribution < 1.29 is 9.47 Å². The lowest BCUT2D eigenvalue weighted by atomic mass is 10.2. The number of thioether (sulfide) groups is 1. The van der Waals surface area contributed by atoms with Crippen LogP contribution < -0.4 is 9.47 Å². The molecule has 0 amide bonds. The largest absolute Gasteiger partial charge is 0.486 e. The summed E-state index contributed by atoms with van der Waals surface area (Å²) in [5.74, 6) is 2.19. The van der Waals surface area contributed by atoms with Crippen LogP contribution in [-0.2, 0) is 5.75 Å². The number of nitrogens with zero attached hydrogens (tertiary/aromatic N) is 3. The van der Waals surface area contributed by atoms with Gasteiger partial charge in [-0.2, -0.15) is 10.4 Å². The Labute approximate surface area is 156 Å². The van der Waals surface area contributed by atoms with Crippen LogP contribution in [0.3, 0.4) is 0 Å². The SMILES string of the molecule is Cc1nn(-c2ccccc2)c(CSc2ccc3c(c2)OCCO3)c1C#N. The maximum atomic E-state index is 9.57. The van der Waals surface area contributed by atoms with E-state index >= 15 is 0 Å². The van der Waals surface area contributed by atoms with Gasteiger partial charge in [0.2, 0.25) is 0 Å². The van der Waals surface area contributed by atoms with Crippen LogP contribution in [0.5, 0.6) is 11.5 Å². The fourth-order valence-electron chi connectivity index (χ4n) is 2.90. The third kappa shape index (κ3) is 3.14. The standard InChI is InChI=1S/C20H17N3O2S/c1-14-17(12-21)18(23(22-14)15-5-3-2-4-6-15)13-26-16-7-8-19-20(11-16)25-10-9-24-19/h2-8,11H,9-10,13H2,1H3. The van der Waals surface area contributed by atoms with Crippen LogP contribution in [0.4, 0.5) is 0 Å². The minimum absolute atomic E-state index is 0.569. The maximum Gasteiger partial charge on any atom is 0.162 e. The van der Waals surface area contributed by atoms with E-state index in [1.807, 2.05) is 60.1 Å². The second-order valence-electron chi connectivity index (χ2n) is 5.86. The second-order valence-corrected chi connectivity index (χ2v) is 6.91. The normalized spacial score (nSPS) is 12.6. The third-order valence-corrected chi connectivity index (χ3v) is 5.16.